The van der Waals surface area contributed by atoms with E-state index in [4.69, 9.17) is 10.6 Å². The van der Waals surface area contributed by atoms with Crippen LogP contribution in [-0.4, -0.2) is 40.3 Å². The van der Waals surface area contributed by atoms with Gasteiger partial charge in [-0.2, -0.15) is 23.5 Å². The van der Waals surface area contributed by atoms with Crippen LogP contribution in [0.5, 0.6) is 0 Å². The van der Waals surface area contributed by atoms with Gasteiger partial charge >= 0.3 is 0 Å². The third kappa shape index (κ3) is 4.53. The Balaban J connectivity index is 1.90. The zero-order chi connectivity index (χ0) is 13.9. The number of nitrogens with two attached hydrogens (primary N) is 1. The van der Waals surface area contributed by atoms with E-state index in [2.05, 4.69) is 26.2 Å². The van der Waals surface area contributed by atoms with E-state index in [1.807, 2.05) is 23.5 Å². The summed E-state index contributed by atoms with van der Waals surface area (Å²) in [5.74, 6) is 9.99. The summed E-state index contributed by atoms with van der Waals surface area (Å²) >= 11 is 4.04. The zero-order valence-corrected chi connectivity index (χ0v) is 14.0. The number of nitrogens with one attached hydrogen (secondary N) is 1. The standard InChI is InChI=1S/C14H28N2OS2/c1-13(2,3)19-9-12(16-15)11-4-6-17-14(8-11)5-7-18-10-14/h11-12,16H,4-10,15H2,1-3H3. The van der Waals surface area contributed by atoms with Crippen molar-refractivity contribution >= 4 is 23.5 Å². The maximum Gasteiger partial charge on any atom is 0.0783 e. The van der Waals surface area contributed by atoms with Crippen molar-refractivity contribution in [2.24, 2.45) is 11.8 Å². The van der Waals surface area contributed by atoms with Crippen LogP contribution in [0.25, 0.3) is 0 Å². The van der Waals surface area contributed by atoms with Gasteiger partial charge in [0.05, 0.1) is 5.60 Å². The Labute approximate surface area is 126 Å². The molecule has 0 aromatic carbocycles. The van der Waals surface area contributed by atoms with Gasteiger partial charge in [-0.15, -0.1) is 0 Å². The number of ether oxygens (including phenoxy) is 1. The third-order valence-electron chi connectivity index (χ3n) is 4.08. The zero-order valence-electron chi connectivity index (χ0n) is 12.4. The first-order valence-electron chi connectivity index (χ1n) is 7.26. The first-order chi connectivity index (χ1) is 8.94. The molecule has 0 aliphatic carbocycles. The summed E-state index contributed by atoms with van der Waals surface area (Å²) in [6.07, 6.45) is 3.55. The van der Waals surface area contributed by atoms with Crippen molar-refractivity contribution in [3.8, 4) is 0 Å². The number of rotatable bonds is 4. The van der Waals surface area contributed by atoms with Crippen molar-refractivity contribution < 1.29 is 4.74 Å². The van der Waals surface area contributed by atoms with Gasteiger partial charge in [-0.3, -0.25) is 11.3 Å². The lowest BCUT2D eigenvalue weighted by Crippen LogP contribution is -2.50. The minimum atomic E-state index is 0.162. The number of thioether (sulfide) groups is 2. The van der Waals surface area contributed by atoms with E-state index >= 15 is 0 Å². The molecule has 5 heteroatoms. The maximum absolute atomic E-state index is 6.10. The van der Waals surface area contributed by atoms with Crippen LogP contribution in [0, 0.1) is 5.92 Å². The van der Waals surface area contributed by atoms with E-state index in [-0.39, 0.29) is 5.60 Å². The van der Waals surface area contributed by atoms with Crippen molar-refractivity contribution in [3.63, 3.8) is 0 Å². The third-order valence-corrected chi connectivity index (χ3v) is 6.69. The molecule has 3 unspecified atom stereocenters. The molecule has 2 heterocycles. The molecule has 112 valence electrons. The molecule has 2 fully saturated rings. The van der Waals surface area contributed by atoms with Crippen LogP contribution in [0.2, 0.25) is 0 Å². The van der Waals surface area contributed by atoms with Crippen LogP contribution in [0.4, 0.5) is 0 Å². The fraction of sp³-hybridized carbons (Fsp3) is 1.00. The predicted molar refractivity (Wildman–Crippen MR) is 86.7 cm³/mol. The Morgan fingerprint density at radius 1 is 1.53 bits per heavy atom. The van der Waals surface area contributed by atoms with Gasteiger partial charge < -0.3 is 4.74 Å². The molecule has 1 spiro atoms. The van der Waals surface area contributed by atoms with Crippen molar-refractivity contribution in [1.29, 1.82) is 0 Å². The molecule has 0 bridgehead atoms. The van der Waals surface area contributed by atoms with E-state index in [0.29, 0.717) is 16.7 Å². The number of hydrogen-bond acceptors (Lipinski definition) is 5. The van der Waals surface area contributed by atoms with E-state index < -0.39 is 0 Å². The monoisotopic (exact) mass is 304 g/mol. The van der Waals surface area contributed by atoms with Gasteiger partial charge in [0.2, 0.25) is 0 Å². The minimum Gasteiger partial charge on any atom is -0.374 e. The molecule has 0 radical (unpaired) electrons. The Morgan fingerprint density at radius 2 is 2.32 bits per heavy atom. The smallest absolute Gasteiger partial charge is 0.0783 e. The fourth-order valence-corrected chi connectivity index (χ4v) is 5.36. The Hall–Kier alpha value is 0.580. The SMILES string of the molecule is CC(C)(C)SCC(NN)C1CCOC2(CCSC2)C1. The molecular weight excluding hydrogens is 276 g/mol. The van der Waals surface area contributed by atoms with Gasteiger partial charge in [0.1, 0.15) is 0 Å². The van der Waals surface area contributed by atoms with Crippen LogP contribution in [-0.2, 0) is 4.74 Å². The molecule has 0 aromatic heterocycles. The van der Waals surface area contributed by atoms with Crippen molar-refractivity contribution in [3.05, 3.63) is 0 Å². The normalized spacial score (nSPS) is 33.8. The van der Waals surface area contributed by atoms with E-state index in [9.17, 15) is 0 Å². The van der Waals surface area contributed by atoms with Crippen molar-refractivity contribution in [2.75, 3.05) is 23.9 Å². The summed E-state index contributed by atoms with van der Waals surface area (Å²) in [4.78, 5) is 0. The average Bonchev–Trinajstić information content (AvgIpc) is 2.77. The Morgan fingerprint density at radius 3 is 2.89 bits per heavy atom. The highest BCUT2D eigenvalue weighted by Gasteiger charge is 2.42. The van der Waals surface area contributed by atoms with Gasteiger partial charge in [-0.05, 0) is 30.9 Å². The molecule has 0 saturated carbocycles. The average molecular weight is 305 g/mol. The molecule has 0 amide bonds. The quantitative estimate of drug-likeness (QED) is 0.617. The number of hydrogen-bond donors (Lipinski definition) is 2. The summed E-state index contributed by atoms with van der Waals surface area (Å²) < 4.78 is 6.41. The molecule has 3 nitrogen and oxygen atoms in total. The van der Waals surface area contributed by atoms with Crippen molar-refractivity contribution in [1.82, 2.24) is 5.43 Å². The molecule has 19 heavy (non-hydrogen) atoms. The topological polar surface area (TPSA) is 47.3 Å². The highest BCUT2D eigenvalue weighted by Crippen LogP contribution is 2.41. The van der Waals surface area contributed by atoms with Gasteiger partial charge in [0.25, 0.3) is 0 Å². The van der Waals surface area contributed by atoms with Crippen LogP contribution in [0.1, 0.15) is 40.0 Å². The second-order valence-electron chi connectivity index (χ2n) is 6.78. The van der Waals surface area contributed by atoms with Gasteiger partial charge in [0, 0.05) is 28.9 Å². The molecule has 3 atom stereocenters. The summed E-state index contributed by atoms with van der Waals surface area (Å²) in [5.41, 5.74) is 3.23. The lowest BCUT2D eigenvalue weighted by molar-refractivity contribution is -0.0838. The van der Waals surface area contributed by atoms with Crippen LogP contribution < -0.4 is 11.3 Å². The van der Waals surface area contributed by atoms with E-state index in [1.165, 1.54) is 24.3 Å². The summed E-state index contributed by atoms with van der Waals surface area (Å²) in [5, 5.41) is 0. The Bertz CT molecular complexity index is 288. The molecule has 2 aliphatic rings. The molecule has 0 aromatic rings. The highest BCUT2D eigenvalue weighted by atomic mass is 32.2. The van der Waals surface area contributed by atoms with Crippen LogP contribution in [0.3, 0.4) is 0 Å². The minimum absolute atomic E-state index is 0.162. The Kier molecular flexibility index (Phi) is 5.51. The van der Waals surface area contributed by atoms with Crippen LogP contribution >= 0.6 is 23.5 Å². The highest BCUT2D eigenvalue weighted by molar-refractivity contribution is 8.00. The molecule has 2 rings (SSSR count). The molecule has 2 saturated heterocycles. The molecule has 3 N–H and O–H groups in total. The van der Waals surface area contributed by atoms with Gasteiger partial charge in [0.15, 0.2) is 0 Å². The summed E-state index contributed by atoms with van der Waals surface area (Å²) in [6, 6.07) is 0.413. The molecular formula is C14H28N2OS2. The number of hydrazine groups is 1. The van der Waals surface area contributed by atoms with Crippen LogP contribution in [0.15, 0.2) is 0 Å². The van der Waals surface area contributed by atoms with Gasteiger partial charge in [-0.1, -0.05) is 20.8 Å². The lowest BCUT2D eigenvalue weighted by atomic mass is 9.82. The van der Waals surface area contributed by atoms with Crippen molar-refractivity contribution in [2.45, 2.75) is 56.4 Å². The second-order valence-corrected chi connectivity index (χ2v) is 9.74. The maximum atomic E-state index is 6.10. The first-order valence-corrected chi connectivity index (χ1v) is 9.40. The lowest BCUT2D eigenvalue weighted by Gasteiger charge is -2.41. The summed E-state index contributed by atoms with van der Waals surface area (Å²) in [6.45, 7) is 7.71. The molecule has 2 aliphatic heterocycles. The van der Waals surface area contributed by atoms with E-state index in [0.717, 1.165) is 18.8 Å². The summed E-state index contributed by atoms with van der Waals surface area (Å²) in [7, 11) is 0. The fourth-order valence-electron chi connectivity index (χ4n) is 2.93. The predicted octanol–water partition coefficient (Wildman–Crippen LogP) is 2.65. The second kappa shape index (κ2) is 6.56. The largest absolute Gasteiger partial charge is 0.374 e. The first kappa shape index (κ1) is 16.0. The van der Waals surface area contributed by atoms with Gasteiger partial charge in [-0.25, -0.2) is 0 Å². The van der Waals surface area contributed by atoms with E-state index in [1.54, 1.807) is 0 Å².